The highest BCUT2D eigenvalue weighted by Gasteiger charge is 2.18. The predicted molar refractivity (Wildman–Crippen MR) is 51.4 cm³/mol. The van der Waals surface area contributed by atoms with Crippen molar-refractivity contribution in [1.29, 1.82) is 0 Å². The van der Waals surface area contributed by atoms with Crippen LogP contribution in [0.15, 0.2) is 0 Å². The van der Waals surface area contributed by atoms with Gasteiger partial charge in [-0.15, -0.1) is 12.4 Å². The molecule has 1 saturated heterocycles. The van der Waals surface area contributed by atoms with E-state index in [0.29, 0.717) is 6.04 Å². The third-order valence-corrected chi connectivity index (χ3v) is 2.33. The summed E-state index contributed by atoms with van der Waals surface area (Å²) in [6.45, 7) is 3.44. The molecule has 0 radical (unpaired) electrons. The van der Waals surface area contributed by atoms with E-state index in [1.807, 2.05) is 0 Å². The average molecular weight is 179 g/mol. The van der Waals surface area contributed by atoms with Crippen molar-refractivity contribution in [1.82, 2.24) is 10.2 Å². The standard InChI is InChI=1S/C8H18N2.ClH/c1-7-6-8(10(2)3)4-5-9-7;/h7-9H,4-6H2,1-3H3;1H. The topological polar surface area (TPSA) is 15.3 Å². The van der Waals surface area contributed by atoms with Gasteiger partial charge in [-0.1, -0.05) is 0 Å². The molecule has 0 spiro atoms. The molecule has 2 nitrogen and oxygen atoms in total. The van der Waals surface area contributed by atoms with Gasteiger partial charge in [0.1, 0.15) is 0 Å². The van der Waals surface area contributed by atoms with E-state index in [-0.39, 0.29) is 12.4 Å². The molecule has 0 aromatic heterocycles. The lowest BCUT2D eigenvalue weighted by molar-refractivity contribution is 0.212. The minimum absolute atomic E-state index is 0. The summed E-state index contributed by atoms with van der Waals surface area (Å²) < 4.78 is 0. The number of piperidine rings is 1. The van der Waals surface area contributed by atoms with Crippen molar-refractivity contribution in [2.75, 3.05) is 20.6 Å². The second-order valence-corrected chi connectivity index (χ2v) is 3.50. The molecular formula is C8H19ClN2. The number of rotatable bonds is 1. The first-order chi connectivity index (χ1) is 4.70. The molecule has 1 heterocycles. The molecule has 1 fully saturated rings. The molecule has 11 heavy (non-hydrogen) atoms. The lowest BCUT2D eigenvalue weighted by Gasteiger charge is -2.32. The van der Waals surface area contributed by atoms with Crippen LogP contribution < -0.4 is 5.32 Å². The van der Waals surface area contributed by atoms with Gasteiger partial charge in [0.25, 0.3) is 0 Å². The monoisotopic (exact) mass is 178 g/mol. The summed E-state index contributed by atoms with van der Waals surface area (Å²) in [6.07, 6.45) is 2.60. The Kier molecular flexibility index (Phi) is 5.06. The van der Waals surface area contributed by atoms with Gasteiger partial charge in [-0.2, -0.15) is 0 Å². The molecular weight excluding hydrogens is 160 g/mol. The van der Waals surface area contributed by atoms with Crippen LogP contribution in [0.25, 0.3) is 0 Å². The Morgan fingerprint density at radius 3 is 2.36 bits per heavy atom. The van der Waals surface area contributed by atoms with E-state index in [0.717, 1.165) is 6.04 Å². The summed E-state index contributed by atoms with van der Waals surface area (Å²) in [5.41, 5.74) is 0. The van der Waals surface area contributed by atoms with Crippen molar-refractivity contribution in [2.45, 2.75) is 31.8 Å². The van der Waals surface area contributed by atoms with Crippen molar-refractivity contribution in [3.63, 3.8) is 0 Å². The first-order valence-corrected chi connectivity index (χ1v) is 4.10. The Hall–Kier alpha value is 0.210. The molecule has 0 amide bonds. The van der Waals surface area contributed by atoms with Gasteiger partial charge in [-0.3, -0.25) is 0 Å². The molecule has 3 heteroatoms. The van der Waals surface area contributed by atoms with Crippen molar-refractivity contribution < 1.29 is 0 Å². The van der Waals surface area contributed by atoms with Crippen molar-refractivity contribution in [3.05, 3.63) is 0 Å². The normalized spacial score (nSPS) is 31.6. The Morgan fingerprint density at radius 1 is 1.36 bits per heavy atom. The van der Waals surface area contributed by atoms with Gasteiger partial charge in [0.2, 0.25) is 0 Å². The molecule has 0 aliphatic carbocycles. The molecule has 2 unspecified atom stereocenters. The highest BCUT2D eigenvalue weighted by atomic mass is 35.5. The molecule has 1 rings (SSSR count). The van der Waals surface area contributed by atoms with E-state index < -0.39 is 0 Å². The highest BCUT2D eigenvalue weighted by molar-refractivity contribution is 5.85. The number of nitrogens with zero attached hydrogens (tertiary/aromatic N) is 1. The molecule has 0 aromatic carbocycles. The van der Waals surface area contributed by atoms with Crippen molar-refractivity contribution in [2.24, 2.45) is 0 Å². The smallest absolute Gasteiger partial charge is 0.0116 e. The fraction of sp³-hybridized carbons (Fsp3) is 1.00. The molecule has 0 bridgehead atoms. The second-order valence-electron chi connectivity index (χ2n) is 3.50. The van der Waals surface area contributed by atoms with E-state index >= 15 is 0 Å². The lowest BCUT2D eigenvalue weighted by atomic mass is 10.00. The zero-order valence-corrected chi connectivity index (χ0v) is 8.45. The van der Waals surface area contributed by atoms with Crippen LogP contribution in [0, 0.1) is 0 Å². The van der Waals surface area contributed by atoms with Gasteiger partial charge < -0.3 is 10.2 Å². The zero-order chi connectivity index (χ0) is 7.56. The zero-order valence-electron chi connectivity index (χ0n) is 7.63. The maximum Gasteiger partial charge on any atom is 0.0116 e. The van der Waals surface area contributed by atoms with E-state index in [4.69, 9.17) is 0 Å². The predicted octanol–water partition coefficient (Wildman–Crippen LogP) is 1.11. The van der Waals surface area contributed by atoms with Crippen LogP contribution in [0.4, 0.5) is 0 Å². The summed E-state index contributed by atoms with van der Waals surface area (Å²) >= 11 is 0. The molecule has 1 aliphatic rings. The summed E-state index contributed by atoms with van der Waals surface area (Å²) in [5.74, 6) is 0. The first-order valence-electron chi connectivity index (χ1n) is 4.10. The summed E-state index contributed by atoms with van der Waals surface area (Å²) in [4.78, 5) is 2.33. The minimum Gasteiger partial charge on any atom is -0.314 e. The first kappa shape index (κ1) is 11.2. The van der Waals surface area contributed by atoms with E-state index in [9.17, 15) is 0 Å². The number of nitrogens with one attached hydrogen (secondary N) is 1. The van der Waals surface area contributed by atoms with Crippen LogP contribution in [-0.2, 0) is 0 Å². The van der Waals surface area contributed by atoms with Crippen LogP contribution >= 0.6 is 12.4 Å². The number of hydrogen-bond acceptors (Lipinski definition) is 2. The highest BCUT2D eigenvalue weighted by Crippen LogP contribution is 2.11. The molecule has 2 atom stereocenters. The SMILES string of the molecule is CC1CC(N(C)C)CCN1.Cl. The maximum atomic E-state index is 3.44. The fourth-order valence-corrected chi connectivity index (χ4v) is 1.57. The third-order valence-electron chi connectivity index (χ3n) is 2.33. The summed E-state index contributed by atoms with van der Waals surface area (Å²) in [7, 11) is 4.34. The number of halogens is 1. The molecule has 1 N–H and O–H groups in total. The Balaban J connectivity index is 0.000001000. The number of hydrogen-bond donors (Lipinski definition) is 1. The van der Waals surface area contributed by atoms with E-state index in [1.165, 1.54) is 19.4 Å². The maximum absolute atomic E-state index is 3.44. The molecule has 68 valence electrons. The van der Waals surface area contributed by atoms with Crippen molar-refractivity contribution in [3.8, 4) is 0 Å². The summed E-state index contributed by atoms with van der Waals surface area (Å²) in [5, 5.41) is 3.44. The minimum atomic E-state index is 0. The summed E-state index contributed by atoms with van der Waals surface area (Å²) in [6, 6.07) is 1.51. The molecule has 1 aliphatic heterocycles. The Labute approximate surface area is 75.8 Å². The Bertz CT molecular complexity index is 106. The molecule has 0 aromatic rings. The van der Waals surface area contributed by atoms with Crippen LogP contribution in [0.2, 0.25) is 0 Å². The van der Waals surface area contributed by atoms with Crippen LogP contribution in [-0.4, -0.2) is 37.6 Å². The van der Waals surface area contributed by atoms with Crippen LogP contribution in [0.3, 0.4) is 0 Å². The van der Waals surface area contributed by atoms with Gasteiger partial charge in [-0.25, -0.2) is 0 Å². The molecule has 0 saturated carbocycles. The average Bonchev–Trinajstić information content (AvgIpc) is 1.88. The largest absolute Gasteiger partial charge is 0.314 e. The van der Waals surface area contributed by atoms with Gasteiger partial charge in [-0.05, 0) is 40.4 Å². The Morgan fingerprint density at radius 2 is 2.00 bits per heavy atom. The van der Waals surface area contributed by atoms with Gasteiger partial charge >= 0.3 is 0 Å². The van der Waals surface area contributed by atoms with Gasteiger partial charge in [0, 0.05) is 12.1 Å². The van der Waals surface area contributed by atoms with E-state index in [2.05, 4.69) is 31.2 Å². The quantitative estimate of drug-likeness (QED) is 0.648. The van der Waals surface area contributed by atoms with Gasteiger partial charge in [0.05, 0.1) is 0 Å². The third kappa shape index (κ3) is 3.41. The fourth-order valence-electron chi connectivity index (χ4n) is 1.57. The van der Waals surface area contributed by atoms with Crippen molar-refractivity contribution >= 4 is 12.4 Å². The second kappa shape index (κ2) is 4.96. The lowest BCUT2D eigenvalue weighted by Crippen LogP contribution is -2.44. The van der Waals surface area contributed by atoms with Crippen LogP contribution in [0.1, 0.15) is 19.8 Å². The van der Waals surface area contributed by atoms with E-state index in [1.54, 1.807) is 0 Å². The van der Waals surface area contributed by atoms with Crippen LogP contribution in [0.5, 0.6) is 0 Å². The van der Waals surface area contributed by atoms with Gasteiger partial charge in [0.15, 0.2) is 0 Å².